The summed E-state index contributed by atoms with van der Waals surface area (Å²) in [4.78, 5) is 13.4. The highest BCUT2D eigenvalue weighted by Crippen LogP contribution is 2.20. The second-order valence-electron chi connectivity index (χ2n) is 4.11. The van der Waals surface area contributed by atoms with Crippen LogP contribution in [-0.2, 0) is 0 Å². The normalized spacial score (nSPS) is 10.7. The van der Waals surface area contributed by atoms with E-state index in [4.69, 9.17) is 0 Å². The molecule has 2 aromatic heterocycles. The molecule has 0 aromatic carbocycles. The van der Waals surface area contributed by atoms with Gasteiger partial charge in [-0.15, -0.1) is 0 Å². The van der Waals surface area contributed by atoms with E-state index < -0.39 is 0 Å². The van der Waals surface area contributed by atoms with Crippen molar-refractivity contribution in [3.8, 4) is 0 Å². The molecule has 2 aromatic rings. The molecule has 0 aliphatic heterocycles. The first-order chi connectivity index (χ1) is 9.85. The smallest absolute Gasteiger partial charge is 0.180 e. The quantitative estimate of drug-likeness (QED) is 0.727. The Labute approximate surface area is 127 Å². The minimum atomic E-state index is 0.676. The molecule has 0 unspecified atom stereocenters. The third-order valence-corrected chi connectivity index (χ3v) is 3.86. The zero-order chi connectivity index (χ0) is 14.2. The van der Waals surface area contributed by atoms with Crippen LogP contribution in [0, 0.1) is 0 Å². The van der Waals surface area contributed by atoms with Crippen LogP contribution in [-0.4, -0.2) is 52.1 Å². The van der Waals surface area contributed by atoms with Crippen molar-refractivity contribution < 1.29 is 0 Å². The lowest BCUT2D eigenvalue weighted by atomic mass is 10.4. The third kappa shape index (κ3) is 4.14. The summed E-state index contributed by atoms with van der Waals surface area (Å²) in [6, 6.07) is 3.81. The number of thioether (sulfide) groups is 2. The summed E-state index contributed by atoms with van der Waals surface area (Å²) >= 11 is 3.61. The molecule has 0 aliphatic rings. The maximum atomic E-state index is 4.61. The molecular weight excluding hydrogens is 290 g/mol. The van der Waals surface area contributed by atoms with E-state index in [-0.39, 0.29) is 0 Å². The highest BCUT2D eigenvalue weighted by atomic mass is 32.2. The summed E-state index contributed by atoms with van der Waals surface area (Å²) in [6.45, 7) is 1.74. The molecule has 2 heterocycles. The van der Waals surface area contributed by atoms with Gasteiger partial charge in [-0.25, -0.2) is 15.0 Å². The summed E-state index contributed by atoms with van der Waals surface area (Å²) in [5.74, 6) is 3.66. The van der Waals surface area contributed by atoms with E-state index >= 15 is 0 Å². The van der Waals surface area contributed by atoms with Gasteiger partial charge in [0.25, 0.3) is 0 Å². The molecular formula is C13H19N5S2. The molecule has 20 heavy (non-hydrogen) atoms. The molecule has 2 rings (SSSR count). The second kappa shape index (κ2) is 8.16. The molecule has 2 N–H and O–H groups in total. The topological polar surface area (TPSA) is 62.7 Å². The van der Waals surface area contributed by atoms with E-state index in [0.717, 1.165) is 41.7 Å². The Balaban J connectivity index is 2.21. The number of nitrogens with one attached hydrogen (secondary N) is 2. The van der Waals surface area contributed by atoms with Crippen LogP contribution in [0.2, 0.25) is 0 Å². The molecule has 0 spiro atoms. The molecule has 0 atom stereocenters. The van der Waals surface area contributed by atoms with Gasteiger partial charge in [0.05, 0.1) is 0 Å². The monoisotopic (exact) mass is 309 g/mol. The van der Waals surface area contributed by atoms with Crippen molar-refractivity contribution in [2.24, 2.45) is 0 Å². The average Bonchev–Trinajstić information content (AvgIpc) is 2.48. The first-order valence-electron chi connectivity index (χ1n) is 6.43. The van der Waals surface area contributed by atoms with Crippen molar-refractivity contribution in [2.75, 3.05) is 47.7 Å². The predicted molar refractivity (Wildman–Crippen MR) is 91.1 cm³/mol. The van der Waals surface area contributed by atoms with Crippen LogP contribution >= 0.6 is 23.5 Å². The summed E-state index contributed by atoms with van der Waals surface area (Å²) < 4.78 is 0. The summed E-state index contributed by atoms with van der Waals surface area (Å²) in [6.07, 6.45) is 5.92. The van der Waals surface area contributed by atoms with Crippen LogP contribution in [0.5, 0.6) is 0 Å². The van der Waals surface area contributed by atoms with Crippen LogP contribution in [0.3, 0.4) is 0 Å². The number of aromatic nitrogens is 3. The Bertz CT molecular complexity index is 501. The number of fused-ring (bicyclic) bond motifs is 1. The van der Waals surface area contributed by atoms with Gasteiger partial charge in [-0.3, -0.25) is 0 Å². The Morgan fingerprint density at radius 2 is 1.65 bits per heavy atom. The Kier molecular flexibility index (Phi) is 6.20. The molecule has 108 valence electrons. The fraction of sp³-hybridized carbons (Fsp3) is 0.462. The van der Waals surface area contributed by atoms with Gasteiger partial charge in [-0.2, -0.15) is 23.5 Å². The van der Waals surface area contributed by atoms with Crippen molar-refractivity contribution in [1.82, 2.24) is 15.0 Å². The third-order valence-electron chi connectivity index (χ3n) is 2.64. The van der Waals surface area contributed by atoms with E-state index in [2.05, 4.69) is 38.1 Å². The lowest BCUT2D eigenvalue weighted by Gasteiger charge is -2.12. The molecule has 0 bridgehead atoms. The van der Waals surface area contributed by atoms with Gasteiger partial charge in [0.1, 0.15) is 5.52 Å². The highest BCUT2D eigenvalue weighted by molar-refractivity contribution is 7.98. The van der Waals surface area contributed by atoms with Crippen LogP contribution in [0.4, 0.5) is 11.6 Å². The number of nitrogens with zero attached hydrogens (tertiary/aromatic N) is 3. The summed E-state index contributed by atoms with van der Waals surface area (Å²) in [5.41, 5.74) is 1.49. The lowest BCUT2D eigenvalue weighted by molar-refractivity contribution is 1.11. The Morgan fingerprint density at radius 3 is 2.30 bits per heavy atom. The van der Waals surface area contributed by atoms with E-state index in [1.165, 1.54) is 0 Å². The first-order valence-corrected chi connectivity index (χ1v) is 9.22. The molecule has 0 saturated heterocycles. The lowest BCUT2D eigenvalue weighted by Crippen LogP contribution is -2.13. The Hall–Kier alpha value is -1.21. The van der Waals surface area contributed by atoms with Gasteiger partial charge < -0.3 is 10.6 Å². The van der Waals surface area contributed by atoms with Gasteiger partial charge in [-0.1, -0.05) is 0 Å². The van der Waals surface area contributed by atoms with E-state index in [1.54, 1.807) is 29.7 Å². The largest absolute Gasteiger partial charge is 0.366 e. The standard InChI is InChI=1S/C13H19N5S2/c1-19-8-6-15-12-13(16-7-9-20-2)18-11-10(17-12)4-3-5-14-11/h3-5H,6-9H2,1-2H3,(H,15,17)(H,14,16,18). The van der Waals surface area contributed by atoms with E-state index in [0.29, 0.717) is 5.65 Å². The molecule has 0 saturated carbocycles. The van der Waals surface area contributed by atoms with Crippen LogP contribution in [0.25, 0.3) is 11.2 Å². The summed E-state index contributed by atoms with van der Waals surface area (Å²) in [5, 5.41) is 6.67. The minimum absolute atomic E-state index is 0.676. The van der Waals surface area contributed by atoms with Crippen LogP contribution in [0.15, 0.2) is 18.3 Å². The maximum absolute atomic E-state index is 4.61. The zero-order valence-corrected chi connectivity index (χ0v) is 13.4. The molecule has 0 fully saturated rings. The average molecular weight is 309 g/mol. The summed E-state index contributed by atoms with van der Waals surface area (Å²) in [7, 11) is 0. The number of hydrogen-bond donors (Lipinski definition) is 2. The fourth-order valence-corrected chi connectivity index (χ4v) is 2.30. The van der Waals surface area contributed by atoms with Gasteiger partial charge >= 0.3 is 0 Å². The maximum Gasteiger partial charge on any atom is 0.180 e. The number of pyridine rings is 1. The van der Waals surface area contributed by atoms with Gasteiger partial charge in [0.2, 0.25) is 0 Å². The minimum Gasteiger partial charge on any atom is -0.366 e. The Morgan fingerprint density at radius 1 is 1.00 bits per heavy atom. The SMILES string of the molecule is CSCCNc1nc2cccnc2nc1NCCSC. The molecule has 7 heteroatoms. The van der Waals surface area contributed by atoms with Crippen molar-refractivity contribution >= 4 is 46.3 Å². The molecule has 0 radical (unpaired) electrons. The van der Waals surface area contributed by atoms with E-state index in [1.807, 2.05) is 12.1 Å². The molecule has 0 amide bonds. The van der Waals surface area contributed by atoms with E-state index in [9.17, 15) is 0 Å². The van der Waals surface area contributed by atoms with Crippen molar-refractivity contribution in [3.05, 3.63) is 18.3 Å². The van der Waals surface area contributed by atoms with Gasteiger partial charge in [-0.05, 0) is 24.6 Å². The second-order valence-corrected chi connectivity index (χ2v) is 6.08. The van der Waals surface area contributed by atoms with Crippen molar-refractivity contribution in [1.29, 1.82) is 0 Å². The zero-order valence-electron chi connectivity index (χ0n) is 11.7. The number of anilines is 2. The van der Waals surface area contributed by atoms with Crippen LogP contribution in [0.1, 0.15) is 0 Å². The van der Waals surface area contributed by atoms with Crippen molar-refractivity contribution in [3.63, 3.8) is 0 Å². The molecule has 5 nitrogen and oxygen atoms in total. The van der Waals surface area contributed by atoms with Gasteiger partial charge in [0, 0.05) is 30.8 Å². The predicted octanol–water partition coefficient (Wildman–Crippen LogP) is 2.57. The fourth-order valence-electron chi connectivity index (χ4n) is 1.68. The van der Waals surface area contributed by atoms with Crippen LogP contribution < -0.4 is 10.6 Å². The highest BCUT2D eigenvalue weighted by Gasteiger charge is 2.08. The van der Waals surface area contributed by atoms with Gasteiger partial charge in [0.15, 0.2) is 17.3 Å². The van der Waals surface area contributed by atoms with Crippen molar-refractivity contribution in [2.45, 2.75) is 0 Å². The molecule has 0 aliphatic carbocycles. The number of rotatable bonds is 8. The first kappa shape index (κ1) is 15.2. The number of hydrogen-bond acceptors (Lipinski definition) is 7.